The summed E-state index contributed by atoms with van der Waals surface area (Å²) in [7, 11) is -0.926. The minimum Gasteiger partial charge on any atom is -0.390 e. The molecule has 0 radical (unpaired) electrons. The van der Waals surface area contributed by atoms with Gasteiger partial charge in [-0.25, -0.2) is 0 Å². The molecule has 0 saturated carbocycles. The third-order valence-electron chi connectivity index (χ3n) is 2.20. The highest BCUT2D eigenvalue weighted by Crippen LogP contribution is 2.37. The van der Waals surface area contributed by atoms with Gasteiger partial charge in [-0.2, -0.15) is 0 Å². The van der Waals surface area contributed by atoms with E-state index >= 15 is 0 Å². The van der Waals surface area contributed by atoms with Crippen molar-refractivity contribution in [3.05, 3.63) is 0 Å². The van der Waals surface area contributed by atoms with Crippen molar-refractivity contribution >= 4 is 8.07 Å². The standard InChI is InChI=1S/C7H16OSi/c1-7(8)4-5-9(2,3)6-7/h8H,4-6H2,1-3H3. The van der Waals surface area contributed by atoms with Crippen molar-refractivity contribution in [2.45, 2.75) is 44.1 Å². The molecule has 0 aromatic carbocycles. The van der Waals surface area contributed by atoms with E-state index in [1.165, 1.54) is 6.04 Å². The van der Waals surface area contributed by atoms with E-state index in [4.69, 9.17) is 0 Å². The highest BCUT2D eigenvalue weighted by atomic mass is 28.3. The topological polar surface area (TPSA) is 20.2 Å². The maximum atomic E-state index is 9.56. The van der Waals surface area contributed by atoms with Crippen molar-refractivity contribution < 1.29 is 5.11 Å². The number of rotatable bonds is 0. The highest BCUT2D eigenvalue weighted by Gasteiger charge is 2.39. The quantitative estimate of drug-likeness (QED) is 0.514. The average Bonchev–Trinajstić information content (AvgIpc) is 1.78. The first-order chi connectivity index (χ1) is 3.91. The Bertz CT molecular complexity index is 104. The van der Waals surface area contributed by atoms with E-state index in [0.29, 0.717) is 0 Å². The molecular formula is C7H16OSi. The van der Waals surface area contributed by atoms with Crippen LogP contribution in [0.25, 0.3) is 0 Å². The Morgan fingerprint density at radius 1 is 1.44 bits per heavy atom. The van der Waals surface area contributed by atoms with Crippen LogP contribution in [0.15, 0.2) is 0 Å². The largest absolute Gasteiger partial charge is 0.390 e. The summed E-state index contributed by atoms with van der Waals surface area (Å²) in [6.07, 6.45) is 1.03. The Labute approximate surface area is 58.1 Å². The van der Waals surface area contributed by atoms with Gasteiger partial charge < -0.3 is 5.11 Å². The van der Waals surface area contributed by atoms with Crippen LogP contribution in [0.2, 0.25) is 25.2 Å². The molecule has 1 unspecified atom stereocenters. The van der Waals surface area contributed by atoms with Gasteiger partial charge in [-0.05, 0) is 19.4 Å². The Morgan fingerprint density at radius 2 is 2.00 bits per heavy atom. The van der Waals surface area contributed by atoms with Gasteiger partial charge in [0.05, 0.1) is 13.7 Å². The Balaban J connectivity index is 2.58. The van der Waals surface area contributed by atoms with E-state index < -0.39 is 8.07 Å². The molecule has 1 atom stereocenters. The highest BCUT2D eigenvalue weighted by molar-refractivity contribution is 6.78. The van der Waals surface area contributed by atoms with Crippen LogP contribution < -0.4 is 0 Å². The SMILES string of the molecule is CC1(O)CC[Si](C)(C)C1. The second kappa shape index (κ2) is 1.83. The molecule has 0 bridgehead atoms. The van der Waals surface area contributed by atoms with Gasteiger partial charge in [0.15, 0.2) is 0 Å². The third kappa shape index (κ3) is 1.80. The molecule has 9 heavy (non-hydrogen) atoms. The van der Waals surface area contributed by atoms with E-state index in [2.05, 4.69) is 13.1 Å². The molecular weight excluding hydrogens is 128 g/mol. The van der Waals surface area contributed by atoms with Gasteiger partial charge in [0.1, 0.15) is 0 Å². The molecule has 0 aromatic rings. The average molecular weight is 144 g/mol. The van der Waals surface area contributed by atoms with Gasteiger partial charge in [-0.1, -0.05) is 19.1 Å². The fourth-order valence-corrected chi connectivity index (χ4v) is 5.45. The second-order valence-corrected chi connectivity index (χ2v) is 9.52. The van der Waals surface area contributed by atoms with Crippen LogP contribution in [-0.4, -0.2) is 18.8 Å². The third-order valence-corrected chi connectivity index (χ3v) is 5.52. The van der Waals surface area contributed by atoms with Crippen molar-refractivity contribution in [1.82, 2.24) is 0 Å². The molecule has 0 amide bonds. The maximum absolute atomic E-state index is 9.56. The summed E-state index contributed by atoms with van der Waals surface area (Å²) < 4.78 is 0. The lowest BCUT2D eigenvalue weighted by Crippen LogP contribution is -2.26. The summed E-state index contributed by atoms with van der Waals surface area (Å²) in [6.45, 7) is 6.68. The molecule has 1 rings (SSSR count). The van der Waals surface area contributed by atoms with Gasteiger partial charge in [-0.3, -0.25) is 0 Å². The summed E-state index contributed by atoms with van der Waals surface area (Å²) in [5.74, 6) is 0. The predicted molar refractivity (Wildman–Crippen MR) is 42.3 cm³/mol. The number of hydrogen-bond acceptors (Lipinski definition) is 1. The van der Waals surface area contributed by atoms with Gasteiger partial charge >= 0.3 is 0 Å². The fourth-order valence-electron chi connectivity index (χ4n) is 1.82. The molecule has 1 fully saturated rings. The molecule has 54 valence electrons. The summed E-state index contributed by atoms with van der Waals surface area (Å²) in [5, 5.41) is 9.56. The minimum absolute atomic E-state index is 0.310. The van der Waals surface area contributed by atoms with E-state index in [0.717, 1.165) is 12.5 Å². The van der Waals surface area contributed by atoms with E-state index in [-0.39, 0.29) is 5.60 Å². The van der Waals surface area contributed by atoms with Crippen LogP contribution in [0.1, 0.15) is 13.3 Å². The lowest BCUT2D eigenvalue weighted by molar-refractivity contribution is 0.0847. The first kappa shape index (κ1) is 7.29. The first-order valence-corrected chi connectivity index (χ1v) is 7.05. The zero-order valence-corrected chi connectivity index (χ0v) is 7.57. The smallest absolute Gasteiger partial charge is 0.0593 e. The maximum Gasteiger partial charge on any atom is 0.0593 e. The van der Waals surface area contributed by atoms with Crippen LogP contribution >= 0.6 is 0 Å². The van der Waals surface area contributed by atoms with Crippen LogP contribution in [0, 0.1) is 0 Å². The molecule has 1 nitrogen and oxygen atoms in total. The van der Waals surface area contributed by atoms with Gasteiger partial charge in [0, 0.05) is 0 Å². The summed E-state index contributed by atoms with van der Waals surface area (Å²) >= 11 is 0. The van der Waals surface area contributed by atoms with Gasteiger partial charge in [0.25, 0.3) is 0 Å². The molecule has 1 saturated heterocycles. The zero-order chi connectivity index (χ0) is 7.12. The lowest BCUT2D eigenvalue weighted by Gasteiger charge is -2.18. The monoisotopic (exact) mass is 144 g/mol. The van der Waals surface area contributed by atoms with Crippen LogP contribution in [0.4, 0.5) is 0 Å². The molecule has 1 N–H and O–H groups in total. The second-order valence-electron chi connectivity index (χ2n) is 4.34. The first-order valence-electron chi connectivity index (χ1n) is 3.64. The van der Waals surface area contributed by atoms with Gasteiger partial charge in [-0.15, -0.1) is 0 Å². The van der Waals surface area contributed by atoms with E-state index in [9.17, 15) is 5.11 Å². The van der Waals surface area contributed by atoms with Crippen molar-refractivity contribution in [2.24, 2.45) is 0 Å². The number of hydrogen-bond donors (Lipinski definition) is 1. The van der Waals surface area contributed by atoms with E-state index in [1.807, 2.05) is 6.92 Å². The Kier molecular flexibility index (Phi) is 1.48. The van der Waals surface area contributed by atoms with Crippen molar-refractivity contribution in [2.75, 3.05) is 0 Å². The van der Waals surface area contributed by atoms with Crippen molar-refractivity contribution in [3.8, 4) is 0 Å². The predicted octanol–water partition coefficient (Wildman–Crippen LogP) is 1.85. The summed E-state index contributed by atoms with van der Waals surface area (Å²) in [4.78, 5) is 0. The molecule has 0 aromatic heterocycles. The number of aliphatic hydroxyl groups is 1. The Hall–Kier alpha value is 0.177. The summed E-state index contributed by atoms with van der Waals surface area (Å²) in [5.41, 5.74) is -0.310. The van der Waals surface area contributed by atoms with Gasteiger partial charge in [0.2, 0.25) is 0 Å². The molecule has 1 aliphatic rings. The fraction of sp³-hybridized carbons (Fsp3) is 1.00. The molecule has 0 spiro atoms. The van der Waals surface area contributed by atoms with Crippen molar-refractivity contribution in [3.63, 3.8) is 0 Å². The zero-order valence-electron chi connectivity index (χ0n) is 6.57. The van der Waals surface area contributed by atoms with Crippen molar-refractivity contribution in [1.29, 1.82) is 0 Å². The summed E-state index contributed by atoms with van der Waals surface area (Å²) in [6, 6.07) is 2.40. The minimum atomic E-state index is -0.926. The molecule has 1 aliphatic heterocycles. The molecule has 1 heterocycles. The van der Waals surface area contributed by atoms with Crippen LogP contribution in [-0.2, 0) is 0 Å². The molecule has 0 aliphatic carbocycles. The Morgan fingerprint density at radius 3 is 2.11 bits per heavy atom. The molecule has 2 heteroatoms. The normalized spacial score (nSPS) is 41.3. The van der Waals surface area contributed by atoms with Crippen LogP contribution in [0.3, 0.4) is 0 Å². The van der Waals surface area contributed by atoms with Crippen LogP contribution in [0.5, 0.6) is 0 Å². The lowest BCUT2D eigenvalue weighted by atomic mass is 10.1. The van der Waals surface area contributed by atoms with E-state index in [1.54, 1.807) is 0 Å².